The molecular formula is C16H26N4. The van der Waals surface area contributed by atoms with Crippen LogP contribution >= 0.6 is 0 Å². The fourth-order valence-electron chi connectivity index (χ4n) is 3.44. The SMILES string of the molecule is Cc1cc(C(C)C)nc(N2CCC3NCCCC3C2)n1. The molecule has 2 saturated heterocycles. The van der Waals surface area contributed by atoms with Crippen LogP contribution in [0.5, 0.6) is 0 Å². The van der Waals surface area contributed by atoms with Gasteiger partial charge in [-0.15, -0.1) is 0 Å². The summed E-state index contributed by atoms with van der Waals surface area (Å²) in [6.45, 7) is 9.85. The van der Waals surface area contributed by atoms with Crippen molar-refractivity contribution in [2.24, 2.45) is 5.92 Å². The standard InChI is InChI=1S/C16H26N4/c1-11(2)15-9-12(3)18-16(19-15)20-8-6-14-13(10-20)5-4-7-17-14/h9,11,13-14,17H,4-8,10H2,1-3H3. The second-order valence-electron chi connectivity index (χ2n) is 6.59. The van der Waals surface area contributed by atoms with Gasteiger partial charge in [0.15, 0.2) is 0 Å². The van der Waals surface area contributed by atoms with E-state index in [1.54, 1.807) is 0 Å². The maximum Gasteiger partial charge on any atom is 0.225 e. The first-order valence-electron chi connectivity index (χ1n) is 7.97. The molecule has 4 heteroatoms. The molecule has 4 nitrogen and oxygen atoms in total. The molecule has 0 saturated carbocycles. The number of nitrogens with zero attached hydrogens (tertiary/aromatic N) is 3. The first-order chi connectivity index (χ1) is 9.63. The molecule has 0 spiro atoms. The number of aromatic nitrogens is 2. The van der Waals surface area contributed by atoms with Gasteiger partial charge < -0.3 is 10.2 Å². The van der Waals surface area contributed by atoms with Gasteiger partial charge in [-0.1, -0.05) is 13.8 Å². The molecule has 2 unspecified atom stereocenters. The van der Waals surface area contributed by atoms with Crippen molar-refractivity contribution < 1.29 is 0 Å². The van der Waals surface area contributed by atoms with Crippen LogP contribution in [0.25, 0.3) is 0 Å². The van der Waals surface area contributed by atoms with E-state index in [1.165, 1.54) is 25.8 Å². The minimum absolute atomic E-state index is 0.462. The van der Waals surface area contributed by atoms with Gasteiger partial charge in [0.05, 0.1) is 0 Å². The van der Waals surface area contributed by atoms with Crippen molar-refractivity contribution in [3.05, 3.63) is 17.5 Å². The topological polar surface area (TPSA) is 41.1 Å². The second-order valence-corrected chi connectivity index (χ2v) is 6.59. The lowest BCUT2D eigenvalue weighted by atomic mass is 9.85. The normalized spacial score (nSPS) is 26.7. The van der Waals surface area contributed by atoms with Gasteiger partial charge in [0.2, 0.25) is 5.95 Å². The maximum atomic E-state index is 4.79. The van der Waals surface area contributed by atoms with Crippen LogP contribution in [0, 0.1) is 12.8 Å². The van der Waals surface area contributed by atoms with Gasteiger partial charge in [0.25, 0.3) is 0 Å². The second kappa shape index (κ2) is 5.68. The summed E-state index contributed by atoms with van der Waals surface area (Å²) >= 11 is 0. The lowest BCUT2D eigenvalue weighted by Crippen LogP contribution is -2.52. The van der Waals surface area contributed by atoms with Crippen LogP contribution in [0.2, 0.25) is 0 Å². The number of fused-ring (bicyclic) bond motifs is 1. The van der Waals surface area contributed by atoms with Gasteiger partial charge in [-0.3, -0.25) is 0 Å². The zero-order valence-corrected chi connectivity index (χ0v) is 12.9. The van der Waals surface area contributed by atoms with Crippen molar-refractivity contribution in [2.45, 2.75) is 52.0 Å². The molecule has 20 heavy (non-hydrogen) atoms. The highest BCUT2D eigenvalue weighted by Crippen LogP contribution is 2.27. The summed E-state index contributed by atoms with van der Waals surface area (Å²) in [6.07, 6.45) is 3.87. The number of aryl methyl sites for hydroxylation is 1. The molecule has 0 aliphatic carbocycles. The van der Waals surface area contributed by atoms with Crippen LogP contribution in [-0.2, 0) is 0 Å². The van der Waals surface area contributed by atoms with Crippen molar-refractivity contribution >= 4 is 5.95 Å². The van der Waals surface area contributed by atoms with Crippen LogP contribution in [0.3, 0.4) is 0 Å². The molecule has 3 heterocycles. The Morgan fingerprint density at radius 2 is 2.15 bits per heavy atom. The Kier molecular flexibility index (Phi) is 3.92. The zero-order chi connectivity index (χ0) is 14.1. The van der Waals surface area contributed by atoms with E-state index >= 15 is 0 Å². The molecule has 2 aliphatic heterocycles. The van der Waals surface area contributed by atoms with Crippen LogP contribution in [-0.4, -0.2) is 35.6 Å². The Balaban J connectivity index is 1.79. The first kappa shape index (κ1) is 13.8. The van der Waals surface area contributed by atoms with Crippen LogP contribution in [0.4, 0.5) is 5.95 Å². The number of hydrogen-bond donors (Lipinski definition) is 1. The molecule has 110 valence electrons. The number of piperidine rings is 2. The fourth-order valence-corrected chi connectivity index (χ4v) is 3.44. The Hall–Kier alpha value is -1.16. The Morgan fingerprint density at radius 1 is 1.30 bits per heavy atom. The van der Waals surface area contributed by atoms with E-state index in [9.17, 15) is 0 Å². The van der Waals surface area contributed by atoms with E-state index in [1.807, 2.05) is 0 Å². The first-order valence-corrected chi connectivity index (χ1v) is 7.97. The maximum absolute atomic E-state index is 4.79. The highest BCUT2D eigenvalue weighted by atomic mass is 15.3. The predicted octanol–water partition coefficient (Wildman–Crippen LogP) is 2.49. The monoisotopic (exact) mass is 274 g/mol. The van der Waals surface area contributed by atoms with Crippen molar-refractivity contribution in [3.8, 4) is 0 Å². The molecule has 1 aromatic rings. The van der Waals surface area contributed by atoms with Gasteiger partial charge in [0, 0.05) is 30.5 Å². The Morgan fingerprint density at radius 3 is 2.95 bits per heavy atom. The van der Waals surface area contributed by atoms with Crippen LogP contribution in [0.15, 0.2) is 6.07 Å². The Bertz CT molecular complexity index is 472. The molecule has 1 N–H and O–H groups in total. The van der Waals surface area contributed by atoms with Gasteiger partial charge in [0.1, 0.15) is 0 Å². The summed E-state index contributed by atoms with van der Waals surface area (Å²) in [4.78, 5) is 11.9. The van der Waals surface area contributed by atoms with E-state index in [2.05, 4.69) is 42.0 Å². The van der Waals surface area contributed by atoms with E-state index in [0.717, 1.165) is 42.4 Å². The number of anilines is 1. The molecule has 2 atom stereocenters. The number of rotatable bonds is 2. The third kappa shape index (κ3) is 2.80. The lowest BCUT2D eigenvalue weighted by molar-refractivity contribution is 0.243. The molecule has 0 bridgehead atoms. The largest absolute Gasteiger partial charge is 0.340 e. The molecule has 3 rings (SSSR count). The summed E-state index contributed by atoms with van der Waals surface area (Å²) in [7, 11) is 0. The van der Waals surface area contributed by atoms with Crippen LogP contribution in [0.1, 0.15) is 50.4 Å². The van der Waals surface area contributed by atoms with Crippen molar-refractivity contribution in [2.75, 3.05) is 24.5 Å². The molecular weight excluding hydrogens is 248 g/mol. The van der Waals surface area contributed by atoms with Crippen LogP contribution < -0.4 is 10.2 Å². The Labute approximate surface area is 122 Å². The zero-order valence-electron chi connectivity index (χ0n) is 12.9. The van der Waals surface area contributed by atoms with Crippen molar-refractivity contribution in [1.29, 1.82) is 0 Å². The minimum Gasteiger partial charge on any atom is -0.340 e. The van der Waals surface area contributed by atoms with Gasteiger partial charge >= 0.3 is 0 Å². The fraction of sp³-hybridized carbons (Fsp3) is 0.750. The lowest BCUT2D eigenvalue weighted by Gasteiger charge is -2.41. The minimum atomic E-state index is 0.462. The molecule has 1 aromatic heterocycles. The molecule has 0 radical (unpaired) electrons. The summed E-state index contributed by atoms with van der Waals surface area (Å²) in [5.74, 6) is 2.17. The summed E-state index contributed by atoms with van der Waals surface area (Å²) in [5, 5.41) is 3.67. The van der Waals surface area contributed by atoms with Gasteiger partial charge in [-0.25, -0.2) is 9.97 Å². The molecule has 0 amide bonds. The molecule has 2 aliphatic rings. The molecule has 0 aromatic carbocycles. The average Bonchev–Trinajstić information content (AvgIpc) is 2.46. The van der Waals surface area contributed by atoms with E-state index in [4.69, 9.17) is 4.98 Å². The third-order valence-corrected chi connectivity index (χ3v) is 4.63. The third-order valence-electron chi connectivity index (χ3n) is 4.63. The van der Waals surface area contributed by atoms with E-state index in [-0.39, 0.29) is 0 Å². The van der Waals surface area contributed by atoms with Gasteiger partial charge in [-0.05, 0) is 50.6 Å². The van der Waals surface area contributed by atoms with Gasteiger partial charge in [-0.2, -0.15) is 0 Å². The van der Waals surface area contributed by atoms with E-state index < -0.39 is 0 Å². The highest BCUT2D eigenvalue weighted by molar-refractivity contribution is 5.34. The summed E-state index contributed by atoms with van der Waals surface area (Å²) < 4.78 is 0. The summed E-state index contributed by atoms with van der Waals surface area (Å²) in [5.41, 5.74) is 2.25. The average molecular weight is 274 g/mol. The van der Waals surface area contributed by atoms with Crippen molar-refractivity contribution in [1.82, 2.24) is 15.3 Å². The smallest absolute Gasteiger partial charge is 0.225 e. The predicted molar refractivity (Wildman–Crippen MR) is 82.2 cm³/mol. The van der Waals surface area contributed by atoms with E-state index in [0.29, 0.717) is 5.92 Å². The summed E-state index contributed by atoms with van der Waals surface area (Å²) in [6, 6.07) is 2.83. The quantitative estimate of drug-likeness (QED) is 0.899. The highest BCUT2D eigenvalue weighted by Gasteiger charge is 2.32. The van der Waals surface area contributed by atoms with Crippen molar-refractivity contribution in [3.63, 3.8) is 0 Å². The number of hydrogen-bond acceptors (Lipinski definition) is 4. The molecule has 2 fully saturated rings. The number of nitrogens with one attached hydrogen (secondary N) is 1.